The van der Waals surface area contributed by atoms with E-state index >= 15 is 0 Å². The molecule has 0 radical (unpaired) electrons. The predicted octanol–water partition coefficient (Wildman–Crippen LogP) is 1.75. The molecule has 2 N–H and O–H groups in total. The fourth-order valence-electron chi connectivity index (χ4n) is 4.06. The number of quaternary nitrogens is 1. The first-order chi connectivity index (χ1) is 14.9. The van der Waals surface area contributed by atoms with Crippen LogP contribution in [-0.4, -0.2) is 60.0 Å². The monoisotopic (exact) mass is 424 g/mol. The van der Waals surface area contributed by atoms with Crippen molar-refractivity contribution in [3.8, 4) is 5.75 Å². The molecular formula is C24H30N3O4+. The summed E-state index contributed by atoms with van der Waals surface area (Å²) in [7, 11) is 1.57. The van der Waals surface area contributed by atoms with Crippen LogP contribution in [0.2, 0.25) is 0 Å². The second-order valence-electron chi connectivity index (χ2n) is 7.66. The summed E-state index contributed by atoms with van der Waals surface area (Å²) < 4.78 is 5.24. The molecule has 31 heavy (non-hydrogen) atoms. The highest BCUT2D eigenvalue weighted by Gasteiger charge is 2.46. The van der Waals surface area contributed by atoms with E-state index in [1.807, 2.05) is 6.92 Å². The summed E-state index contributed by atoms with van der Waals surface area (Å²) in [4.78, 5) is 33.0. The number of benzene rings is 1. The molecule has 1 aliphatic rings. The van der Waals surface area contributed by atoms with E-state index in [1.54, 1.807) is 54.7 Å². The van der Waals surface area contributed by atoms with Crippen molar-refractivity contribution in [1.82, 2.24) is 9.88 Å². The maximum atomic E-state index is 13.1. The zero-order valence-electron chi connectivity index (χ0n) is 18.5. The Labute approximate surface area is 183 Å². The van der Waals surface area contributed by atoms with Crippen LogP contribution in [0, 0.1) is 6.92 Å². The molecule has 0 spiro atoms. The van der Waals surface area contributed by atoms with Crippen molar-refractivity contribution in [2.24, 2.45) is 0 Å². The van der Waals surface area contributed by atoms with Crippen LogP contribution in [0.15, 0.2) is 48.3 Å². The van der Waals surface area contributed by atoms with Crippen LogP contribution in [0.4, 0.5) is 0 Å². The zero-order valence-corrected chi connectivity index (χ0v) is 18.5. The Morgan fingerprint density at radius 3 is 2.42 bits per heavy atom. The van der Waals surface area contributed by atoms with E-state index in [0.717, 1.165) is 30.8 Å². The third-order valence-electron chi connectivity index (χ3n) is 5.96. The van der Waals surface area contributed by atoms with Crippen molar-refractivity contribution in [3.63, 3.8) is 0 Å². The number of nitrogens with zero attached hydrogens (tertiary/aromatic N) is 2. The number of carbonyl (C=O) groups excluding carboxylic acids is 2. The molecule has 0 aliphatic carbocycles. The molecule has 2 heterocycles. The molecule has 1 aromatic heterocycles. The summed E-state index contributed by atoms with van der Waals surface area (Å²) in [5, 5.41) is 11.2. The molecule has 0 saturated carbocycles. The number of amides is 1. The lowest BCUT2D eigenvalue weighted by molar-refractivity contribution is -0.895. The average molecular weight is 425 g/mol. The van der Waals surface area contributed by atoms with E-state index in [4.69, 9.17) is 4.74 Å². The van der Waals surface area contributed by atoms with Crippen molar-refractivity contribution in [2.75, 3.05) is 33.3 Å². The molecule has 7 nitrogen and oxygen atoms in total. The van der Waals surface area contributed by atoms with Gasteiger partial charge in [0.25, 0.3) is 11.7 Å². The molecule has 0 bridgehead atoms. The van der Waals surface area contributed by atoms with Gasteiger partial charge in [0.2, 0.25) is 0 Å². The van der Waals surface area contributed by atoms with Crippen molar-refractivity contribution >= 4 is 17.4 Å². The number of hydrogen-bond acceptors (Lipinski definition) is 5. The predicted molar refractivity (Wildman–Crippen MR) is 118 cm³/mol. The van der Waals surface area contributed by atoms with E-state index in [-0.39, 0.29) is 11.3 Å². The number of rotatable bonds is 8. The van der Waals surface area contributed by atoms with Crippen molar-refractivity contribution in [2.45, 2.75) is 26.8 Å². The van der Waals surface area contributed by atoms with Crippen LogP contribution in [0.5, 0.6) is 5.75 Å². The highest BCUT2D eigenvalue weighted by atomic mass is 16.5. The van der Waals surface area contributed by atoms with Crippen molar-refractivity contribution in [3.05, 3.63) is 65.0 Å². The van der Waals surface area contributed by atoms with E-state index < -0.39 is 17.7 Å². The number of methoxy groups -OCH3 is 1. The minimum Gasteiger partial charge on any atom is -0.507 e. The Kier molecular flexibility index (Phi) is 7.07. The Hall–Kier alpha value is -3.19. The number of aryl methyl sites for hydroxylation is 1. The molecule has 0 unspecified atom stereocenters. The fraction of sp³-hybridized carbons (Fsp3) is 0.375. The Bertz CT molecular complexity index is 984. The number of likely N-dealkylation sites (N-methyl/N-ethyl adjacent to an activating group) is 1. The SMILES string of the molecule is CC[NH+](CC)CCN1C(=O)C(=O)/C(=C(/O)c2ccc(OC)cc2C)[C@H]1c1ccncc1. The smallest absolute Gasteiger partial charge is 0.295 e. The molecule has 1 atom stereocenters. The third kappa shape index (κ3) is 4.46. The highest BCUT2D eigenvalue weighted by molar-refractivity contribution is 6.46. The number of aromatic nitrogens is 1. The first-order valence-corrected chi connectivity index (χ1v) is 10.6. The van der Waals surface area contributed by atoms with Gasteiger partial charge in [0.05, 0.1) is 44.9 Å². The lowest BCUT2D eigenvalue weighted by atomic mass is 9.94. The summed E-state index contributed by atoms with van der Waals surface area (Å²) >= 11 is 0. The van der Waals surface area contributed by atoms with E-state index in [9.17, 15) is 14.7 Å². The van der Waals surface area contributed by atoms with Gasteiger partial charge in [-0.15, -0.1) is 0 Å². The molecule has 7 heteroatoms. The summed E-state index contributed by atoms with van der Waals surface area (Å²) in [6.45, 7) is 9.05. The van der Waals surface area contributed by atoms with Gasteiger partial charge in [-0.3, -0.25) is 14.6 Å². The number of nitrogens with one attached hydrogen (secondary N) is 1. The summed E-state index contributed by atoms with van der Waals surface area (Å²) in [5.41, 5.74) is 2.12. The second kappa shape index (κ2) is 9.75. The number of pyridine rings is 1. The van der Waals surface area contributed by atoms with Gasteiger partial charge in [0, 0.05) is 18.0 Å². The van der Waals surface area contributed by atoms with Gasteiger partial charge in [0.1, 0.15) is 11.5 Å². The van der Waals surface area contributed by atoms with Gasteiger partial charge in [-0.2, -0.15) is 0 Å². The van der Waals surface area contributed by atoms with Gasteiger partial charge < -0.3 is 19.6 Å². The van der Waals surface area contributed by atoms with Crippen molar-refractivity contribution in [1.29, 1.82) is 0 Å². The highest BCUT2D eigenvalue weighted by Crippen LogP contribution is 2.39. The number of Topliss-reactive ketones (excluding diaryl/α,β-unsaturated/α-hetero) is 1. The van der Waals surface area contributed by atoms with E-state index in [1.165, 1.54) is 4.90 Å². The zero-order chi connectivity index (χ0) is 22.5. The average Bonchev–Trinajstić information content (AvgIpc) is 3.04. The van der Waals surface area contributed by atoms with Gasteiger partial charge in [-0.05, 0) is 62.2 Å². The number of ketones is 1. The number of likely N-dealkylation sites (tertiary alicyclic amines) is 1. The number of aliphatic hydroxyl groups is 1. The number of hydrogen-bond donors (Lipinski definition) is 2. The third-order valence-corrected chi connectivity index (χ3v) is 5.96. The van der Waals surface area contributed by atoms with Crippen LogP contribution >= 0.6 is 0 Å². The Morgan fingerprint density at radius 1 is 1.16 bits per heavy atom. The molecule has 3 rings (SSSR count). The molecule has 1 fully saturated rings. The minimum absolute atomic E-state index is 0.110. The lowest BCUT2D eigenvalue weighted by Crippen LogP contribution is -3.12. The first kappa shape index (κ1) is 22.5. The van der Waals surface area contributed by atoms with Crippen LogP contribution in [0.1, 0.15) is 36.6 Å². The van der Waals surface area contributed by atoms with Crippen LogP contribution in [-0.2, 0) is 9.59 Å². The number of ether oxygens (including phenoxy) is 1. The summed E-state index contributed by atoms with van der Waals surface area (Å²) in [6, 6.07) is 8.13. The molecule has 164 valence electrons. The first-order valence-electron chi connectivity index (χ1n) is 10.6. The molecule has 1 amide bonds. The number of carbonyl (C=O) groups is 2. The van der Waals surface area contributed by atoms with Crippen molar-refractivity contribution < 1.29 is 24.3 Å². The maximum Gasteiger partial charge on any atom is 0.295 e. The molecule has 2 aromatic rings. The van der Waals surface area contributed by atoms with Gasteiger partial charge in [-0.25, -0.2) is 0 Å². The summed E-state index contributed by atoms with van der Waals surface area (Å²) in [5.74, 6) is -0.759. The lowest BCUT2D eigenvalue weighted by Gasteiger charge is -2.26. The standard InChI is InChI=1S/C24H29N3O4/c1-5-26(6-2)13-14-27-21(17-9-11-25-12-10-17)20(23(29)24(27)30)22(28)19-8-7-18(31-4)15-16(19)3/h7-12,15,21,28H,5-6,13-14H2,1-4H3/p+1/b22-20+/t21-/m1/s1. The topological polar surface area (TPSA) is 84.2 Å². The molecule has 1 saturated heterocycles. The fourth-order valence-corrected chi connectivity index (χ4v) is 4.06. The van der Waals surface area contributed by atoms with Gasteiger partial charge >= 0.3 is 0 Å². The van der Waals surface area contributed by atoms with Gasteiger partial charge in [-0.1, -0.05) is 0 Å². The van der Waals surface area contributed by atoms with E-state index in [0.29, 0.717) is 17.9 Å². The normalized spacial score (nSPS) is 18.1. The van der Waals surface area contributed by atoms with Crippen LogP contribution in [0.3, 0.4) is 0 Å². The number of aliphatic hydroxyl groups excluding tert-OH is 1. The van der Waals surface area contributed by atoms with Gasteiger partial charge in [0.15, 0.2) is 0 Å². The quantitative estimate of drug-likeness (QED) is 0.383. The summed E-state index contributed by atoms with van der Waals surface area (Å²) in [6.07, 6.45) is 3.26. The Balaban J connectivity index is 2.10. The Morgan fingerprint density at radius 2 is 1.84 bits per heavy atom. The van der Waals surface area contributed by atoms with Crippen LogP contribution in [0.25, 0.3) is 5.76 Å². The molecule has 1 aromatic carbocycles. The van der Waals surface area contributed by atoms with Crippen LogP contribution < -0.4 is 9.64 Å². The molecular weight excluding hydrogens is 394 g/mol. The molecule has 1 aliphatic heterocycles. The maximum absolute atomic E-state index is 13.1. The minimum atomic E-state index is -0.663. The second-order valence-corrected chi connectivity index (χ2v) is 7.66. The van der Waals surface area contributed by atoms with E-state index in [2.05, 4.69) is 18.8 Å². The largest absolute Gasteiger partial charge is 0.507 e.